The third kappa shape index (κ3) is 5.89. The molecule has 1 fully saturated rings. The summed E-state index contributed by atoms with van der Waals surface area (Å²) < 4.78 is 18.6. The second kappa shape index (κ2) is 8.66. The van der Waals surface area contributed by atoms with Gasteiger partial charge in [-0.1, -0.05) is 39.8 Å². The van der Waals surface area contributed by atoms with E-state index in [0.29, 0.717) is 18.2 Å². The van der Waals surface area contributed by atoms with E-state index in [1.165, 1.54) is 12.1 Å². The molecule has 2 aromatic rings. The summed E-state index contributed by atoms with van der Waals surface area (Å²) in [6.07, 6.45) is 1.72. The van der Waals surface area contributed by atoms with E-state index in [0.717, 1.165) is 30.6 Å². The Balaban J connectivity index is 1.77. The number of aromatic nitrogens is 1. The molecule has 2 unspecified atom stereocenters. The number of benzene rings is 1. The van der Waals surface area contributed by atoms with E-state index in [4.69, 9.17) is 4.52 Å². The monoisotopic (exact) mass is 401 g/mol. The van der Waals surface area contributed by atoms with Crippen LogP contribution in [0.15, 0.2) is 34.9 Å². The second-order valence-electron chi connectivity index (χ2n) is 9.73. The van der Waals surface area contributed by atoms with Crippen LogP contribution in [0, 0.1) is 17.2 Å². The van der Waals surface area contributed by atoms with E-state index in [-0.39, 0.29) is 29.2 Å². The van der Waals surface area contributed by atoms with Crippen molar-refractivity contribution in [2.45, 2.75) is 66.1 Å². The number of hydrogen-bond donors (Lipinski definition) is 1. The fourth-order valence-corrected chi connectivity index (χ4v) is 4.00. The van der Waals surface area contributed by atoms with Crippen molar-refractivity contribution in [3.8, 4) is 11.3 Å². The first-order valence-electron chi connectivity index (χ1n) is 10.4. The Bertz CT molecular complexity index is 823. The molecular formula is C23H32FN3O2. The van der Waals surface area contributed by atoms with Crippen LogP contribution in [0.25, 0.3) is 11.3 Å². The van der Waals surface area contributed by atoms with E-state index in [9.17, 15) is 9.18 Å². The van der Waals surface area contributed by atoms with E-state index < -0.39 is 0 Å². The van der Waals surface area contributed by atoms with Gasteiger partial charge in [0.2, 0.25) is 5.91 Å². The quantitative estimate of drug-likeness (QED) is 0.767. The van der Waals surface area contributed by atoms with E-state index in [2.05, 4.69) is 50.0 Å². The zero-order valence-electron chi connectivity index (χ0n) is 18.0. The smallest absolute Gasteiger partial charge is 0.237 e. The van der Waals surface area contributed by atoms with Crippen LogP contribution in [0.5, 0.6) is 0 Å². The summed E-state index contributed by atoms with van der Waals surface area (Å²) in [5.74, 6) is 0.836. The molecule has 1 aliphatic heterocycles. The molecule has 1 aliphatic rings. The van der Waals surface area contributed by atoms with Gasteiger partial charge in [0.05, 0.1) is 11.7 Å². The summed E-state index contributed by atoms with van der Waals surface area (Å²) in [5, 5.41) is 7.43. The highest BCUT2D eigenvalue weighted by Gasteiger charge is 2.36. The van der Waals surface area contributed by atoms with Crippen LogP contribution in [0.2, 0.25) is 0 Å². The largest absolute Gasteiger partial charge is 0.356 e. The van der Waals surface area contributed by atoms with Crippen molar-refractivity contribution in [1.82, 2.24) is 15.4 Å². The van der Waals surface area contributed by atoms with Gasteiger partial charge in [-0.05, 0) is 48.4 Å². The van der Waals surface area contributed by atoms with Gasteiger partial charge in [-0.3, -0.25) is 9.69 Å². The molecule has 3 rings (SSSR count). The van der Waals surface area contributed by atoms with Crippen LogP contribution in [-0.4, -0.2) is 34.6 Å². The van der Waals surface area contributed by atoms with Gasteiger partial charge in [0.25, 0.3) is 0 Å². The maximum Gasteiger partial charge on any atom is 0.237 e. The SMILES string of the molecule is CC(C)CC1C(=O)NC(CC(C)(C)C)CN1Cc1cc(-c2ccc(F)cc2)on1. The molecule has 1 aromatic carbocycles. The third-order valence-corrected chi connectivity index (χ3v) is 5.15. The van der Waals surface area contributed by atoms with Crippen molar-refractivity contribution < 1.29 is 13.7 Å². The molecule has 1 aromatic heterocycles. The minimum Gasteiger partial charge on any atom is -0.356 e. The number of amides is 1. The molecule has 0 aliphatic carbocycles. The Morgan fingerprint density at radius 2 is 1.97 bits per heavy atom. The molecule has 1 saturated heterocycles. The number of nitrogens with one attached hydrogen (secondary N) is 1. The predicted octanol–water partition coefficient (Wildman–Crippen LogP) is 4.63. The lowest BCUT2D eigenvalue weighted by Crippen LogP contribution is -2.60. The van der Waals surface area contributed by atoms with Crippen LogP contribution in [0.4, 0.5) is 4.39 Å². The maximum absolute atomic E-state index is 13.2. The Morgan fingerprint density at radius 1 is 1.28 bits per heavy atom. The molecule has 1 amide bonds. The van der Waals surface area contributed by atoms with E-state index in [1.807, 2.05) is 6.07 Å². The minimum absolute atomic E-state index is 0.0986. The number of rotatable bonds is 6. The number of halogens is 1. The fraction of sp³-hybridized carbons (Fsp3) is 0.565. The van der Waals surface area contributed by atoms with Crippen molar-refractivity contribution >= 4 is 5.91 Å². The molecule has 0 radical (unpaired) electrons. The number of carbonyl (C=O) groups excluding carboxylic acids is 1. The normalized spacial score (nSPS) is 20.9. The summed E-state index contributed by atoms with van der Waals surface area (Å²) in [5.41, 5.74) is 1.70. The van der Waals surface area contributed by atoms with Crippen molar-refractivity contribution in [3.63, 3.8) is 0 Å². The highest BCUT2D eigenvalue weighted by molar-refractivity contribution is 5.82. The predicted molar refractivity (Wildman–Crippen MR) is 112 cm³/mol. The molecule has 2 heterocycles. The lowest BCUT2D eigenvalue weighted by atomic mass is 9.86. The Hall–Kier alpha value is -2.21. The van der Waals surface area contributed by atoms with Crippen molar-refractivity contribution in [1.29, 1.82) is 0 Å². The van der Waals surface area contributed by atoms with Gasteiger partial charge in [-0.25, -0.2) is 4.39 Å². The van der Waals surface area contributed by atoms with Crippen molar-refractivity contribution in [2.24, 2.45) is 11.3 Å². The fourth-order valence-electron chi connectivity index (χ4n) is 4.00. The van der Waals surface area contributed by atoms with Crippen LogP contribution in [0.3, 0.4) is 0 Å². The number of hydrogen-bond acceptors (Lipinski definition) is 4. The lowest BCUT2D eigenvalue weighted by Gasteiger charge is -2.41. The highest BCUT2D eigenvalue weighted by atomic mass is 19.1. The van der Waals surface area contributed by atoms with Gasteiger partial charge in [-0.15, -0.1) is 0 Å². The van der Waals surface area contributed by atoms with Gasteiger partial charge < -0.3 is 9.84 Å². The average molecular weight is 402 g/mol. The molecule has 29 heavy (non-hydrogen) atoms. The van der Waals surface area contributed by atoms with Gasteiger partial charge in [0.1, 0.15) is 5.82 Å². The van der Waals surface area contributed by atoms with Crippen LogP contribution < -0.4 is 5.32 Å². The number of nitrogens with zero attached hydrogens (tertiary/aromatic N) is 2. The first-order valence-corrected chi connectivity index (χ1v) is 10.4. The Kier molecular flexibility index (Phi) is 6.42. The maximum atomic E-state index is 13.2. The topological polar surface area (TPSA) is 58.4 Å². The van der Waals surface area contributed by atoms with Crippen LogP contribution in [0.1, 0.15) is 53.2 Å². The third-order valence-electron chi connectivity index (χ3n) is 5.15. The zero-order valence-corrected chi connectivity index (χ0v) is 18.0. The zero-order chi connectivity index (χ0) is 21.2. The first-order chi connectivity index (χ1) is 13.6. The molecule has 0 spiro atoms. The van der Waals surface area contributed by atoms with Gasteiger partial charge >= 0.3 is 0 Å². The Labute approximate surface area is 172 Å². The summed E-state index contributed by atoms with van der Waals surface area (Å²) >= 11 is 0. The lowest BCUT2D eigenvalue weighted by molar-refractivity contribution is -0.132. The molecule has 0 saturated carbocycles. The Morgan fingerprint density at radius 3 is 2.59 bits per heavy atom. The first kappa shape index (κ1) is 21.5. The number of piperazine rings is 1. The highest BCUT2D eigenvalue weighted by Crippen LogP contribution is 2.27. The molecule has 1 N–H and O–H groups in total. The molecule has 5 nitrogen and oxygen atoms in total. The molecule has 158 valence electrons. The summed E-state index contributed by atoms with van der Waals surface area (Å²) in [6.45, 7) is 12.2. The van der Waals surface area contributed by atoms with E-state index in [1.54, 1.807) is 12.1 Å². The average Bonchev–Trinajstić information content (AvgIpc) is 3.05. The van der Waals surface area contributed by atoms with Crippen LogP contribution in [-0.2, 0) is 11.3 Å². The molecule has 2 atom stereocenters. The molecule has 0 bridgehead atoms. The second-order valence-corrected chi connectivity index (χ2v) is 9.73. The summed E-state index contributed by atoms with van der Waals surface area (Å²) in [6, 6.07) is 7.99. The van der Waals surface area contributed by atoms with Gasteiger partial charge in [0.15, 0.2) is 5.76 Å². The molecular weight excluding hydrogens is 369 g/mol. The van der Waals surface area contributed by atoms with Gasteiger partial charge in [-0.2, -0.15) is 0 Å². The van der Waals surface area contributed by atoms with Gasteiger partial charge in [0, 0.05) is 30.8 Å². The molecule has 6 heteroatoms. The van der Waals surface area contributed by atoms with Crippen LogP contribution >= 0.6 is 0 Å². The van der Waals surface area contributed by atoms with Crippen molar-refractivity contribution in [2.75, 3.05) is 6.54 Å². The van der Waals surface area contributed by atoms with E-state index >= 15 is 0 Å². The summed E-state index contributed by atoms with van der Waals surface area (Å²) in [7, 11) is 0. The summed E-state index contributed by atoms with van der Waals surface area (Å²) in [4.78, 5) is 15.1. The minimum atomic E-state index is -0.283. The standard InChI is InChI=1S/C23H32FN3O2/c1-15(2)10-20-22(28)25-19(12-23(3,4)5)14-27(20)13-18-11-21(29-26-18)16-6-8-17(24)9-7-16/h6-9,11,15,19-20H,10,12-14H2,1-5H3,(H,25,28). The van der Waals surface area contributed by atoms with Crippen molar-refractivity contribution in [3.05, 3.63) is 41.8 Å². The number of carbonyl (C=O) groups is 1.